The van der Waals surface area contributed by atoms with Gasteiger partial charge in [-0.3, -0.25) is 19.3 Å². The fourth-order valence-corrected chi connectivity index (χ4v) is 1.36. The molecule has 0 aromatic carbocycles. The van der Waals surface area contributed by atoms with Crippen molar-refractivity contribution < 1.29 is 24.6 Å². The average molecular weight is 274 g/mol. The van der Waals surface area contributed by atoms with Gasteiger partial charge in [-0.2, -0.15) is 0 Å². The first-order chi connectivity index (χ1) is 8.58. The minimum Gasteiger partial charge on any atom is -0.481 e. The Morgan fingerprint density at radius 1 is 1.26 bits per heavy atom. The Balaban J connectivity index is 4.59. The molecule has 1 atom stereocenters. The molecule has 7 heteroatoms. The van der Waals surface area contributed by atoms with Crippen molar-refractivity contribution >= 4 is 17.8 Å². The predicted molar refractivity (Wildman–Crippen MR) is 67.9 cm³/mol. The van der Waals surface area contributed by atoms with E-state index in [0.717, 1.165) is 0 Å². The van der Waals surface area contributed by atoms with E-state index in [1.807, 2.05) is 20.8 Å². The predicted octanol–water partition coefficient (Wildman–Crippen LogP) is -0.0803. The third kappa shape index (κ3) is 6.88. The van der Waals surface area contributed by atoms with Crippen LogP contribution < -0.4 is 5.73 Å². The Morgan fingerprint density at radius 2 is 1.79 bits per heavy atom. The number of aliphatic hydroxyl groups is 1. The number of carbonyl (C=O) groups excluding carboxylic acids is 2. The number of aliphatic hydroxyl groups excluding tert-OH is 1. The Morgan fingerprint density at radius 3 is 2.16 bits per heavy atom. The van der Waals surface area contributed by atoms with Crippen LogP contribution in [0.2, 0.25) is 0 Å². The van der Waals surface area contributed by atoms with Crippen LogP contribution in [0.4, 0.5) is 0 Å². The number of hydrogen-bond donors (Lipinski definition) is 3. The van der Waals surface area contributed by atoms with Crippen molar-refractivity contribution in [3.63, 3.8) is 0 Å². The van der Waals surface area contributed by atoms with E-state index in [1.54, 1.807) is 0 Å². The highest BCUT2D eigenvalue weighted by atomic mass is 16.4. The molecule has 0 saturated heterocycles. The summed E-state index contributed by atoms with van der Waals surface area (Å²) in [6, 6.07) is -1.33. The largest absolute Gasteiger partial charge is 0.481 e. The van der Waals surface area contributed by atoms with Crippen LogP contribution in [-0.2, 0) is 14.4 Å². The number of hydrogen-bond acceptors (Lipinski definition) is 5. The summed E-state index contributed by atoms with van der Waals surface area (Å²) in [5.74, 6) is -2.66. The van der Waals surface area contributed by atoms with Crippen molar-refractivity contribution in [2.75, 3.05) is 6.73 Å². The molecular weight excluding hydrogens is 252 g/mol. The average Bonchev–Trinajstić information content (AvgIpc) is 2.25. The van der Waals surface area contributed by atoms with Gasteiger partial charge in [0.05, 0.1) is 12.5 Å². The van der Waals surface area contributed by atoms with Crippen LogP contribution in [0.25, 0.3) is 0 Å². The summed E-state index contributed by atoms with van der Waals surface area (Å²) in [5, 5.41) is 17.6. The van der Waals surface area contributed by atoms with Gasteiger partial charge < -0.3 is 15.9 Å². The lowest BCUT2D eigenvalue weighted by Gasteiger charge is -2.23. The van der Waals surface area contributed by atoms with E-state index in [9.17, 15) is 14.4 Å². The molecule has 2 amide bonds. The highest BCUT2D eigenvalue weighted by Gasteiger charge is 2.28. The highest BCUT2D eigenvalue weighted by molar-refractivity contribution is 5.98. The molecule has 0 unspecified atom stereocenters. The third-order valence-electron chi connectivity index (χ3n) is 2.51. The molecule has 0 rings (SSSR count). The molecule has 0 spiro atoms. The molecule has 7 nitrogen and oxygen atoms in total. The molecular formula is C12H22N2O5. The van der Waals surface area contributed by atoms with Crippen LogP contribution in [0, 0.1) is 5.41 Å². The summed E-state index contributed by atoms with van der Waals surface area (Å²) in [6.45, 7) is 5.04. The third-order valence-corrected chi connectivity index (χ3v) is 2.51. The van der Waals surface area contributed by atoms with Gasteiger partial charge in [-0.05, 0) is 11.8 Å². The number of carboxylic acid groups (broad SMARTS) is 1. The van der Waals surface area contributed by atoms with E-state index in [-0.39, 0.29) is 11.8 Å². The second-order valence-corrected chi connectivity index (χ2v) is 5.57. The molecule has 0 aliphatic carbocycles. The normalized spacial score (nSPS) is 12.9. The van der Waals surface area contributed by atoms with Gasteiger partial charge in [-0.15, -0.1) is 0 Å². The second kappa shape index (κ2) is 7.20. The Labute approximate surface area is 112 Å². The van der Waals surface area contributed by atoms with Gasteiger partial charge in [0.25, 0.3) is 0 Å². The van der Waals surface area contributed by atoms with E-state index in [2.05, 4.69) is 0 Å². The summed E-state index contributed by atoms with van der Waals surface area (Å²) < 4.78 is 0. The fourth-order valence-electron chi connectivity index (χ4n) is 1.36. The van der Waals surface area contributed by atoms with Crippen molar-refractivity contribution in [2.45, 2.75) is 46.1 Å². The van der Waals surface area contributed by atoms with E-state index < -0.39 is 37.0 Å². The molecule has 0 heterocycles. The Bertz CT molecular complexity index is 349. The molecule has 0 aliphatic rings. The van der Waals surface area contributed by atoms with Gasteiger partial charge in [0.1, 0.15) is 6.73 Å². The zero-order valence-electron chi connectivity index (χ0n) is 11.5. The lowest BCUT2D eigenvalue weighted by molar-refractivity contribution is -0.152. The van der Waals surface area contributed by atoms with Gasteiger partial charge in [-0.25, -0.2) is 0 Å². The van der Waals surface area contributed by atoms with Gasteiger partial charge in [-0.1, -0.05) is 20.8 Å². The van der Waals surface area contributed by atoms with E-state index in [1.165, 1.54) is 0 Å². The molecule has 0 aromatic heterocycles. The van der Waals surface area contributed by atoms with E-state index >= 15 is 0 Å². The molecule has 0 aliphatic heterocycles. The molecule has 0 bridgehead atoms. The van der Waals surface area contributed by atoms with Crippen LogP contribution in [0.1, 0.15) is 40.0 Å². The molecule has 4 N–H and O–H groups in total. The van der Waals surface area contributed by atoms with Crippen LogP contribution in [0.3, 0.4) is 0 Å². The number of nitrogens with zero attached hydrogens (tertiary/aromatic N) is 1. The smallest absolute Gasteiger partial charge is 0.305 e. The fraction of sp³-hybridized carbons (Fsp3) is 0.750. The molecule has 0 aromatic rings. The topological polar surface area (TPSA) is 121 Å². The zero-order valence-corrected chi connectivity index (χ0v) is 11.5. The SMILES string of the molecule is CC(C)(C)CCC(=O)N(CO)C(=O)[C@@H](N)CC(=O)O. The number of nitrogens with two attached hydrogens (primary N) is 1. The highest BCUT2D eigenvalue weighted by Crippen LogP contribution is 2.21. The van der Waals surface area contributed by atoms with Crippen molar-refractivity contribution in [2.24, 2.45) is 11.1 Å². The summed E-state index contributed by atoms with van der Waals surface area (Å²) in [4.78, 5) is 34.6. The maximum Gasteiger partial charge on any atom is 0.305 e. The second-order valence-electron chi connectivity index (χ2n) is 5.57. The number of amides is 2. The zero-order chi connectivity index (χ0) is 15.2. The summed E-state index contributed by atoms with van der Waals surface area (Å²) in [5.41, 5.74) is 5.30. The van der Waals surface area contributed by atoms with E-state index in [0.29, 0.717) is 11.3 Å². The summed E-state index contributed by atoms with van der Waals surface area (Å²) in [6.07, 6.45) is 0.0568. The first kappa shape index (κ1) is 17.5. The molecule has 0 fully saturated rings. The monoisotopic (exact) mass is 274 g/mol. The van der Waals surface area contributed by atoms with Crippen molar-refractivity contribution in [3.8, 4) is 0 Å². The standard InChI is InChI=1S/C12H22N2O5/c1-12(2,3)5-4-9(16)14(7-15)11(19)8(13)6-10(17)18/h8,15H,4-7,13H2,1-3H3,(H,17,18)/t8-/m0/s1. The number of imide groups is 1. The summed E-state index contributed by atoms with van der Waals surface area (Å²) >= 11 is 0. The first-order valence-electron chi connectivity index (χ1n) is 6.01. The van der Waals surface area contributed by atoms with Crippen molar-refractivity contribution in [1.82, 2.24) is 4.90 Å². The van der Waals surface area contributed by atoms with Crippen molar-refractivity contribution in [1.29, 1.82) is 0 Å². The molecule has 0 radical (unpaired) electrons. The number of aliphatic carboxylic acids is 1. The van der Waals surface area contributed by atoms with E-state index in [4.69, 9.17) is 15.9 Å². The van der Waals surface area contributed by atoms with Gasteiger partial charge in [0, 0.05) is 6.42 Å². The maximum absolute atomic E-state index is 11.8. The van der Waals surface area contributed by atoms with Gasteiger partial charge in [0.15, 0.2) is 0 Å². The van der Waals surface area contributed by atoms with Gasteiger partial charge in [0.2, 0.25) is 11.8 Å². The molecule has 110 valence electrons. The minimum atomic E-state index is -1.33. The quantitative estimate of drug-likeness (QED) is 0.582. The van der Waals surface area contributed by atoms with Crippen LogP contribution in [0.15, 0.2) is 0 Å². The maximum atomic E-state index is 11.8. The lowest BCUT2D eigenvalue weighted by Crippen LogP contribution is -2.48. The van der Waals surface area contributed by atoms with Gasteiger partial charge >= 0.3 is 5.97 Å². The first-order valence-corrected chi connectivity index (χ1v) is 6.01. The van der Waals surface area contributed by atoms with Crippen LogP contribution >= 0.6 is 0 Å². The Kier molecular flexibility index (Phi) is 6.64. The number of rotatable bonds is 6. The summed E-state index contributed by atoms with van der Waals surface area (Å²) in [7, 11) is 0. The van der Waals surface area contributed by atoms with Crippen LogP contribution in [-0.4, -0.2) is 45.7 Å². The number of carbonyl (C=O) groups is 3. The lowest BCUT2D eigenvalue weighted by atomic mass is 9.90. The Hall–Kier alpha value is -1.47. The molecule has 0 saturated carbocycles. The number of carboxylic acids is 1. The minimum absolute atomic E-state index is 0.0803. The van der Waals surface area contributed by atoms with Crippen LogP contribution in [0.5, 0.6) is 0 Å². The van der Waals surface area contributed by atoms with Crippen molar-refractivity contribution in [3.05, 3.63) is 0 Å². The molecule has 19 heavy (non-hydrogen) atoms.